The van der Waals surface area contributed by atoms with Crippen LogP contribution in [0.2, 0.25) is 0 Å². The van der Waals surface area contributed by atoms with Crippen molar-refractivity contribution in [3.8, 4) is 0 Å². The van der Waals surface area contributed by atoms with Crippen LogP contribution in [0.5, 0.6) is 0 Å². The van der Waals surface area contributed by atoms with Gasteiger partial charge in [-0.1, -0.05) is 45.0 Å². The van der Waals surface area contributed by atoms with Crippen molar-refractivity contribution < 1.29 is 0 Å². The van der Waals surface area contributed by atoms with E-state index < -0.39 is 0 Å². The summed E-state index contributed by atoms with van der Waals surface area (Å²) in [6, 6.07) is 10.1. The van der Waals surface area contributed by atoms with Crippen LogP contribution in [0.25, 0.3) is 0 Å². The molecule has 1 atom stereocenters. The van der Waals surface area contributed by atoms with Gasteiger partial charge in [0.25, 0.3) is 0 Å². The lowest BCUT2D eigenvalue weighted by molar-refractivity contribution is 0.338. The lowest BCUT2D eigenvalue weighted by Crippen LogP contribution is -2.55. The molecule has 0 saturated carbocycles. The predicted octanol–water partition coefficient (Wildman–Crippen LogP) is 2.61. The van der Waals surface area contributed by atoms with E-state index in [-0.39, 0.29) is 5.41 Å². The Kier molecular flexibility index (Phi) is 3.55. The summed E-state index contributed by atoms with van der Waals surface area (Å²) in [7, 11) is 0. The Hall–Kier alpha value is -0.860. The normalized spacial score (nSPS) is 18.8. The maximum Gasteiger partial charge on any atom is 0.0322 e. The third-order valence-corrected chi connectivity index (χ3v) is 3.54. The van der Waals surface area contributed by atoms with Crippen molar-refractivity contribution >= 4 is 0 Å². The minimum atomic E-state index is 0.243. The molecule has 0 aromatic heterocycles. The summed E-state index contributed by atoms with van der Waals surface area (Å²) >= 11 is 0. The molecule has 1 saturated heterocycles. The Bertz CT molecular complexity index is 358. The van der Waals surface area contributed by atoms with Gasteiger partial charge in [-0.2, -0.15) is 0 Å². The molecule has 2 heteroatoms. The van der Waals surface area contributed by atoms with E-state index in [1.807, 2.05) is 0 Å². The summed E-state index contributed by atoms with van der Waals surface area (Å²) in [6.07, 6.45) is 0. The second-order valence-corrected chi connectivity index (χ2v) is 6.12. The van der Waals surface area contributed by atoms with E-state index in [1.165, 1.54) is 11.1 Å². The smallest absolute Gasteiger partial charge is 0.0322 e. The molecule has 1 aliphatic heterocycles. The Morgan fingerprint density at radius 1 is 1.18 bits per heavy atom. The average molecular weight is 232 g/mol. The van der Waals surface area contributed by atoms with Crippen molar-refractivity contribution in [1.29, 1.82) is 0 Å². The molecule has 0 bridgehead atoms. The van der Waals surface area contributed by atoms with Gasteiger partial charge in [-0.15, -0.1) is 0 Å². The van der Waals surface area contributed by atoms with Crippen molar-refractivity contribution in [2.45, 2.75) is 45.2 Å². The van der Waals surface area contributed by atoms with E-state index in [4.69, 9.17) is 0 Å². The quantitative estimate of drug-likeness (QED) is 0.837. The highest BCUT2D eigenvalue weighted by molar-refractivity contribution is 5.29. The SMILES string of the molecule is CC(NC1CNC1)c1ccc(C(C)(C)C)cc1. The maximum atomic E-state index is 3.63. The van der Waals surface area contributed by atoms with Crippen LogP contribution in [-0.4, -0.2) is 19.1 Å². The van der Waals surface area contributed by atoms with Crippen LogP contribution < -0.4 is 10.6 Å². The van der Waals surface area contributed by atoms with Crippen LogP contribution in [-0.2, 0) is 5.41 Å². The molecule has 2 rings (SSSR count). The fourth-order valence-electron chi connectivity index (χ4n) is 2.13. The van der Waals surface area contributed by atoms with E-state index in [1.54, 1.807) is 0 Å². The zero-order valence-electron chi connectivity index (χ0n) is 11.4. The molecule has 0 spiro atoms. The van der Waals surface area contributed by atoms with Crippen LogP contribution in [0.4, 0.5) is 0 Å². The van der Waals surface area contributed by atoms with E-state index >= 15 is 0 Å². The first-order chi connectivity index (χ1) is 7.97. The maximum absolute atomic E-state index is 3.63. The second kappa shape index (κ2) is 4.79. The topological polar surface area (TPSA) is 24.1 Å². The monoisotopic (exact) mass is 232 g/mol. The molecule has 1 aromatic carbocycles. The molecule has 0 amide bonds. The highest BCUT2D eigenvalue weighted by Crippen LogP contribution is 2.24. The molecule has 0 radical (unpaired) electrons. The van der Waals surface area contributed by atoms with Crippen molar-refractivity contribution in [2.24, 2.45) is 0 Å². The Morgan fingerprint density at radius 2 is 1.76 bits per heavy atom. The zero-order chi connectivity index (χ0) is 12.5. The fraction of sp³-hybridized carbons (Fsp3) is 0.600. The van der Waals surface area contributed by atoms with Gasteiger partial charge in [0.05, 0.1) is 0 Å². The number of hydrogen-bond donors (Lipinski definition) is 2. The minimum absolute atomic E-state index is 0.243. The molecule has 1 unspecified atom stereocenters. The Morgan fingerprint density at radius 3 is 2.18 bits per heavy atom. The van der Waals surface area contributed by atoms with Gasteiger partial charge < -0.3 is 10.6 Å². The van der Waals surface area contributed by atoms with Gasteiger partial charge in [-0.3, -0.25) is 0 Å². The Labute approximate surface area is 105 Å². The standard InChI is InChI=1S/C15H24N2/c1-11(17-14-9-16-10-14)12-5-7-13(8-6-12)15(2,3)4/h5-8,11,14,16-17H,9-10H2,1-4H3. The van der Waals surface area contributed by atoms with Gasteiger partial charge in [0.1, 0.15) is 0 Å². The number of rotatable bonds is 3. The van der Waals surface area contributed by atoms with Crippen LogP contribution in [0.1, 0.15) is 44.9 Å². The van der Waals surface area contributed by atoms with Crippen molar-refractivity contribution in [2.75, 3.05) is 13.1 Å². The zero-order valence-corrected chi connectivity index (χ0v) is 11.4. The number of benzene rings is 1. The highest BCUT2D eigenvalue weighted by Gasteiger charge is 2.19. The summed E-state index contributed by atoms with van der Waals surface area (Å²) < 4.78 is 0. The largest absolute Gasteiger partial charge is 0.314 e. The molecule has 1 fully saturated rings. The first kappa shape index (κ1) is 12.6. The fourth-order valence-corrected chi connectivity index (χ4v) is 2.13. The third-order valence-electron chi connectivity index (χ3n) is 3.54. The molecule has 0 aliphatic carbocycles. The highest BCUT2D eigenvalue weighted by atomic mass is 15.1. The molecule has 1 aliphatic rings. The number of hydrogen-bond acceptors (Lipinski definition) is 2. The minimum Gasteiger partial charge on any atom is -0.314 e. The molecular weight excluding hydrogens is 208 g/mol. The summed E-state index contributed by atoms with van der Waals surface area (Å²) in [4.78, 5) is 0. The third kappa shape index (κ3) is 3.08. The molecule has 2 nitrogen and oxygen atoms in total. The summed E-state index contributed by atoms with van der Waals surface area (Å²) in [5, 5.41) is 6.91. The van der Waals surface area contributed by atoms with Crippen molar-refractivity contribution in [3.05, 3.63) is 35.4 Å². The van der Waals surface area contributed by atoms with Crippen LogP contribution in [0, 0.1) is 0 Å². The lowest BCUT2D eigenvalue weighted by Gasteiger charge is -2.31. The first-order valence-electron chi connectivity index (χ1n) is 6.54. The van der Waals surface area contributed by atoms with Gasteiger partial charge in [-0.25, -0.2) is 0 Å². The van der Waals surface area contributed by atoms with Crippen LogP contribution >= 0.6 is 0 Å². The van der Waals surface area contributed by atoms with Gasteiger partial charge in [0, 0.05) is 25.2 Å². The first-order valence-corrected chi connectivity index (χ1v) is 6.54. The molecule has 1 heterocycles. The van der Waals surface area contributed by atoms with Gasteiger partial charge >= 0.3 is 0 Å². The molecule has 17 heavy (non-hydrogen) atoms. The molecular formula is C15H24N2. The average Bonchev–Trinajstić information content (AvgIpc) is 2.22. The van der Waals surface area contributed by atoms with Gasteiger partial charge in [0.2, 0.25) is 0 Å². The predicted molar refractivity (Wildman–Crippen MR) is 73.4 cm³/mol. The molecule has 1 aromatic rings. The molecule has 94 valence electrons. The van der Waals surface area contributed by atoms with E-state index in [9.17, 15) is 0 Å². The summed E-state index contributed by atoms with van der Waals surface area (Å²) in [5.41, 5.74) is 3.02. The van der Waals surface area contributed by atoms with Crippen molar-refractivity contribution in [1.82, 2.24) is 10.6 Å². The summed E-state index contributed by atoms with van der Waals surface area (Å²) in [5.74, 6) is 0. The number of nitrogens with one attached hydrogen (secondary N) is 2. The lowest BCUT2D eigenvalue weighted by atomic mass is 9.86. The van der Waals surface area contributed by atoms with Crippen LogP contribution in [0.3, 0.4) is 0 Å². The van der Waals surface area contributed by atoms with Gasteiger partial charge in [-0.05, 0) is 23.5 Å². The summed E-state index contributed by atoms with van der Waals surface area (Å²) in [6.45, 7) is 11.2. The van der Waals surface area contributed by atoms with Crippen LogP contribution in [0.15, 0.2) is 24.3 Å². The Balaban J connectivity index is 2.01. The van der Waals surface area contributed by atoms with E-state index in [0.717, 1.165) is 13.1 Å². The second-order valence-electron chi connectivity index (χ2n) is 6.12. The van der Waals surface area contributed by atoms with E-state index in [0.29, 0.717) is 12.1 Å². The van der Waals surface area contributed by atoms with E-state index in [2.05, 4.69) is 62.6 Å². The van der Waals surface area contributed by atoms with Crippen molar-refractivity contribution in [3.63, 3.8) is 0 Å². The van der Waals surface area contributed by atoms with Gasteiger partial charge in [0.15, 0.2) is 0 Å². The molecule has 2 N–H and O–H groups in total.